The summed E-state index contributed by atoms with van der Waals surface area (Å²) in [7, 11) is 0. The van der Waals surface area contributed by atoms with Gasteiger partial charge in [-0.1, -0.05) is 0 Å². The number of ether oxygens (including phenoxy) is 1. The molecule has 7 nitrogen and oxygen atoms in total. The molecular formula is C19H18F2N2O5. The highest BCUT2D eigenvalue weighted by atomic mass is 19.2. The number of rotatable bonds is 6. The molecule has 1 N–H and O–H groups in total. The van der Waals surface area contributed by atoms with Crippen LogP contribution in [0, 0.1) is 17.6 Å². The van der Waals surface area contributed by atoms with Gasteiger partial charge in [0.15, 0.2) is 17.7 Å². The zero-order valence-electron chi connectivity index (χ0n) is 15.0. The third-order valence-electron chi connectivity index (χ3n) is 4.32. The first-order valence-corrected chi connectivity index (χ1v) is 8.60. The number of furan rings is 1. The second kappa shape index (κ2) is 8.20. The predicted molar refractivity (Wildman–Crippen MR) is 92.8 cm³/mol. The van der Waals surface area contributed by atoms with Gasteiger partial charge in [-0.15, -0.1) is 0 Å². The highest BCUT2D eigenvalue weighted by Gasteiger charge is 2.36. The van der Waals surface area contributed by atoms with Crippen LogP contribution in [0.25, 0.3) is 0 Å². The fourth-order valence-corrected chi connectivity index (χ4v) is 2.82. The van der Waals surface area contributed by atoms with Gasteiger partial charge in [0.05, 0.1) is 18.7 Å². The first-order chi connectivity index (χ1) is 13.3. The molecule has 0 spiro atoms. The van der Waals surface area contributed by atoms with Crippen molar-refractivity contribution >= 4 is 23.5 Å². The summed E-state index contributed by atoms with van der Waals surface area (Å²) in [6.07, 6.45) is 0.307. The Hall–Kier alpha value is -3.23. The highest BCUT2D eigenvalue weighted by molar-refractivity contribution is 5.95. The lowest BCUT2D eigenvalue weighted by molar-refractivity contribution is -0.157. The van der Waals surface area contributed by atoms with Crippen molar-refractivity contribution in [3.63, 3.8) is 0 Å². The number of carbonyl (C=O) groups excluding carboxylic acids is 3. The van der Waals surface area contributed by atoms with Crippen molar-refractivity contribution in [1.82, 2.24) is 4.90 Å². The number of hydrogen-bond acceptors (Lipinski definition) is 5. The Morgan fingerprint density at radius 1 is 1.32 bits per heavy atom. The van der Waals surface area contributed by atoms with Gasteiger partial charge in [0.25, 0.3) is 5.91 Å². The number of nitrogens with one attached hydrogen (secondary N) is 1. The molecule has 1 fully saturated rings. The molecule has 0 bridgehead atoms. The zero-order chi connectivity index (χ0) is 20.3. The summed E-state index contributed by atoms with van der Waals surface area (Å²) in [4.78, 5) is 37.9. The standard InChI is InChI=1S/C19H18F2N2O5/c1-11(18(25)22-13-4-5-15(20)16(21)8-13)28-19(26)12-7-17(24)23(9-12)10-14-3-2-6-27-14/h2-6,8,11-12H,7,9-10H2,1H3,(H,22,25)/t11-,12-/m0/s1. The van der Waals surface area contributed by atoms with Gasteiger partial charge in [0.2, 0.25) is 5.91 Å². The lowest BCUT2D eigenvalue weighted by Gasteiger charge is -2.17. The van der Waals surface area contributed by atoms with Crippen molar-refractivity contribution in [2.24, 2.45) is 5.92 Å². The number of likely N-dealkylation sites (tertiary alicyclic amines) is 1. The fraction of sp³-hybridized carbons (Fsp3) is 0.316. The van der Waals surface area contributed by atoms with Crippen molar-refractivity contribution in [3.8, 4) is 0 Å². The van der Waals surface area contributed by atoms with Gasteiger partial charge >= 0.3 is 5.97 Å². The molecule has 2 amide bonds. The minimum absolute atomic E-state index is 0.0168. The Morgan fingerprint density at radius 3 is 2.79 bits per heavy atom. The van der Waals surface area contributed by atoms with Crippen molar-refractivity contribution in [2.45, 2.75) is 26.0 Å². The summed E-state index contributed by atoms with van der Waals surface area (Å²) in [6, 6.07) is 6.31. The molecule has 0 unspecified atom stereocenters. The molecule has 1 aliphatic heterocycles. The lowest BCUT2D eigenvalue weighted by atomic mass is 10.1. The van der Waals surface area contributed by atoms with Crippen molar-refractivity contribution < 1.29 is 32.3 Å². The molecule has 28 heavy (non-hydrogen) atoms. The number of hydrogen-bond donors (Lipinski definition) is 1. The van der Waals surface area contributed by atoms with E-state index in [1.54, 1.807) is 12.1 Å². The second-order valence-corrected chi connectivity index (χ2v) is 6.45. The van der Waals surface area contributed by atoms with E-state index in [1.807, 2.05) is 0 Å². The minimum atomic E-state index is -1.17. The summed E-state index contributed by atoms with van der Waals surface area (Å²) in [5, 5.41) is 2.34. The van der Waals surface area contributed by atoms with E-state index in [9.17, 15) is 23.2 Å². The Kier molecular flexibility index (Phi) is 5.72. The molecule has 1 aromatic carbocycles. The van der Waals surface area contributed by atoms with E-state index in [-0.39, 0.29) is 31.1 Å². The maximum absolute atomic E-state index is 13.2. The van der Waals surface area contributed by atoms with E-state index in [0.717, 1.165) is 12.1 Å². The van der Waals surface area contributed by atoms with Crippen LogP contribution < -0.4 is 5.32 Å². The van der Waals surface area contributed by atoms with Gasteiger partial charge in [-0.2, -0.15) is 0 Å². The maximum atomic E-state index is 13.2. The molecule has 0 saturated carbocycles. The van der Waals surface area contributed by atoms with Crippen LogP contribution in [0.1, 0.15) is 19.1 Å². The van der Waals surface area contributed by atoms with E-state index in [4.69, 9.17) is 9.15 Å². The van der Waals surface area contributed by atoms with Gasteiger partial charge in [0.1, 0.15) is 5.76 Å². The molecule has 148 valence electrons. The van der Waals surface area contributed by atoms with E-state index < -0.39 is 35.5 Å². The van der Waals surface area contributed by atoms with Crippen LogP contribution in [0.15, 0.2) is 41.0 Å². The molecule has 2 atom stereocenters. The van der Waals surface area contributed by atoms with Crippen molar-refractivity contribution in [1.29, 1.82) is 0 Å². The van der Waals surface area contributed by atoms with Crippen molar-refractivity contribution in [3.05, 3.63) is 54.0 Å². The number of amides is 2. The molecule has 2 heterocycles. The number of anilines is 1. The molecular weight excluding hydrogens is 374 g/mol. The van der Waals surface area contributed by atoms with Gasteiger partial charge in [0, 0.05) is 24.7 Å². The number of nitrogens with zero attached hydrogens (tertiary/aromatic N) is 1. The average Bonchev–Trinajstić information content (AvgIpc) is 3.28. The van der Waals surface area contributed by atoms with Crippen LogP contribution >= 0.6 is 0 Å². The number of carbonyl (C=O) groups is 3. The summed E-state index contributed by atoms with van der Waals surface area (Å²) >= 11 is 0. The van der Waals surface area contributed by atoms with E-state index in [0.29, 0.717) is 5.76 Å². The summed E-state index contributed by atoms with van der Waals surface area (Å²) in [6.45, 7) is 1.77. The largest absolute Gasteiger partial charge is 0.467 e. The topological polar surface area (TPSA) is 88.9 Å². The third-order valence-corrected chi connectivity index (χ3v) is 4.32. The second-order valence-electron chi connectivity index (χ2n) is 6.45. The number of benzene rings is 1. The van der Waals surface area contributed by atoms with E-state index in [1.165, 1.54) is 24.2 Å². The predicted octanol–water partition coefficient (Wildman–Crippen LogP) is 2.48. The first kappa shape index (κ1) is 19.5. The van der Waals surface area contributed by atoms with Crippen LogP contribution in [0.5, 0.6) is 0 Å². The fourth-order valence-electron chi connectivity index (χ4n) is 2.82. The van der Waals surface area contributed by atoms with Gasteiger partial charge in [-0.3, -0.25) is 14.4 Å². The van der Waals surface area contributed by atoms with Gasteiger partial charge in [-0.25, -0.2) is 8.78 Å². The molecule has 3 rings (SSSR count). The minimum Gasteiger partial charge on any atom is -0.467 e. The summed E-state index contributed by atoms with van der Waals surface area (Å²) in [5.74, 6) is -3.83. The van der Waals surface area contributed by atoms with Crippen molar-refractivity contribution in [2.75, 3.05) is 11.9 Å². The van der Waals surface area contributed by atoms with Gasteiger partial charge in [-0.05, 0) is 31.2 Å². The molecule has 0 radical (unpaired) electrons. The van der Waals surface area contributed by atoms with Crippen LogP contribution in [-0.2, 0) is 25.7 Å². The normalized spacial score (nSPS) is 17.5. The Balaban J connectivity index is 1.52. The Morgan fingerprint density at radius 2 is 2.11 bits per heavy atom. The third kappa shape index (κ3) is 4.54. The first-order valence-electron chi connectivity index (χ1n) is 8.60. The number of esters is 1. The summed E-state index contributed by atoms with van der Waals surface area (Å²) < 4.78 is 36.5. The van der Waals surface area contributed by atoms with Crippen LogP contribution in [0.4, 0.5) is 14.5 Å². The summed E-state index contributed by atoms with van der Waals surface area (Å²) in [5.41, 5.74) is 0.0347. The molecule has 2 aromatic rings. The zero-order valence-corrected chi connectivity index (χ0v) is 15.0. The average molecular weight is 392 g/mol. The Labute approximate surface area is 159 Å². The number of halogens is 2. The van der Waals surface area contributed by atoms with Crippen LogP contribution in [0.3, 0.4) is 0 Å². The lowest BCUT2D eigenvalue weighted by Crippen LogP contribution is -2.33. The molecule has 1 saturated heterocycles. The van der Waals surface area contributed by atoms with Gasteiger partial charge < -0.3 is 19.4 Å². The highest BCUT2D eigenvalue weighted by Crippen LogP contribution is 2.22. The monoisotopic (exact) mass is 392 g/mol. The quantitative estimate of drug-likeness (QED) is 0.763. The van der Waals surface area contributed by atoms with Crippen LogP contribution in [0.2, 0.25) is 0 Å². The molecule has 1 aliphatic rings. The smallest absolute Gasteiger partial charge is 0.312 e. The maximum Gasteiger partial charge on any atom is 0.312 e. The van der Waals surface area contributed by atoms with Crippen LogP contribution in [-0.4, -0.2) is 35.3 Å². The molecule has 0 aliphatic carbocycles. The SMILES string of the molecule is C[C@H](OC(=O)[C@H]1CC(=O)N(Cc2ccco2)C1)C(=O)Nc1ccc(F)c(F)c1. The van der Waals surface area contributed by atoms with E-state index >= 15 is 0 Å². The Bertz CT molecular complexity index is 884. The van der Waals surface area contributed by atoms with E-state index in [2.05, 4.69) is 5.32 Å². The molecule has 9 heteroatoms. The molecule has 1 aromatic heterocycles.